The number of hydrogen-bond donors (Lipinski definition) is 0. The van der Waals surface area contributed by atoms with E-state index < -0.39 is 0 Å². The van der Waals surface area contributed by atoms with E-state index in [1.54, 1.807) is 30.6 Å². The van der Waals surface area contributed by atoms with Gasteiger partial charge in [-0.05, 0) is 43.2 Å². The third-order valence-corrected chi connectivity index (χ3v) is 4.46. The largest absolute Gasteiger partial charge is 0.335 e. The van der Waals surface area contributed by atoms with E-state index in [0.29, 0.717) is 24.5 Å². The minimum Gasteiger partial charge on any atom is -0.335 e. The van der Waals surface area contributed by atoms with Crippen molar-refractivity contribution < 1.29 is 9.18 Å². The molecule has 7 heteroatoms. The van der Waals surface area contributed by atoms with Gasteiger partial charge in [0.1, 0.15) is 5.82 Å². The number of benzene rings is 1. The second-order valence-corrected chi connectivity index (χ2v) is 6.16. The molecule has 128 valence electrons. The van der Waals surface area contributed by atoms with Crippen LogP contribution in [0.15, 0.2) is 55.0 Å². The molecule has 3 heterocycles. The lowest BCUT2D eigenvalue weighted by molar-refractivity contribution is 0.0666. The van der Waals surface area contributed by atoms with Crippen molar-refractivity contribution >= 4 is 5.91 Å². The predicted molar refractivity (Wildman–Crippen MR) is 89.9 cm³/mol. The number of rotatable bonds is 3. The van der Waals surface area contributed by atoms with E-state index in [9.17, 15) is 9.18 Å². The number of likely N-dealkylation sites (tertiary alicyclic amines) is 1. The highest BCUT2D eigenvalue weighted by Crippen LogP contribution is 2.22. The van der Waals surface area contributed by atoms with Crippen LogP contribution in [0.4, 0.5) is 4.39 Å². The van der Waals surface area contributed by atoms with Gasteiger partial charge >= 0.3 is 0 Å². The Hall–Kier alpha value is -2.96. The number of piperidine rings is 1. The van der Waals surface area contributed by atoms with Gasteiger partial charge in [-0.15, -0.1) is 0 Å². The van der Waals surface area contributed by atoms with Gasteiger partial charge in [-0.3, -0.25) is 9.48 Å². The third-order valence-electron chi connectivity index (χ3n) is 4.46. The Balaban J connectivity index is 1.51. The summed E-state index contributed by atoms with van der Waals surface area (Å²) < 4.78 is 16.8. The Morgan fingerprint density at radius 1 is 1.20 bits per heavy atom. The number of nitrogens with zero attached hydrogens (tertiary/aromatic N) is 5. The second kappa shape index (κ2) is 6.51. The van der Waals surface area contributed by atoms with Crippen LogP contribution in [0.5, 0.6) is 0 Å². The smallest absolute Gasteiger partial charge is 0.274 e. The molecule has 1 saturated heterocycles. The number of hydrogen-bond acceptors (Lipinski definition) is 3. The van der Waals surface area contributed by atoms with Gasteiger partial charge in [0.05, 0.1) is 11.7 Å². The summed E-state index contributed by atoms with van der Waals surface area (Å²) in [5, 5.41) is 8.60. The van der Waals surface area contributed by atoms with E-state index in [-0.39, 0.29) is 17.8 Å². The zero-order chi connectivity index (χ0) is 17.2. The molecule has 0 unspecified atom stereocenters. The van der Waals surface area contributed by atoms with Crippen molar-refractivity contribution in [2.45, 2.75) is 18.9 Å². The maximum Gasteiger partial charge on any atom is 0.274 e. The molecular weight excluding hydrogens is 321 g/mol. The lowest BCUT2D eigenvalue weighted by Crippen LogP contribution is -2.41. The van der Waals surface area contributed by atoms with E-state index in [1.807, 2.05) is 21.8 Å². The molecule has 0 aliphatic carbocycles. The molecule has 1 atom stereocenters. The Kier molecular flexibility index (Phi) is 4.05. The maximum absolute atomic E-state index is 13.4. The molecular formula is C18H18FN5O. The molecule has 1 aliphatic heterocycles. The predicted octanol–water partition coefficient (Wildman–Crippen LogP) is 2.69. The summed E-state index contributed by atoms with van der Waals surface area (Å²) in [6.07, 6.45) is 7.29. The van der Waals surface area contributed by atoms with Crippen LogP contribution in [0.1, 0.15) is 29.4 Å². The Morgan fingerprint density at radius 2 is 2.12 bits per heavy atom. The lowest BCUT2D eigenvalue weighted by Gasteiger charge is -2.32. The molecule has 0 radical (unpaired) electrons. The molecule has 0 spiro atoms. The first-order chi connectivity index (χ1) is 12.2. The first kappa shape index (κ1) is 15.6. The fraction of sp³-hybridized carbons (Fsp3) is 0.278. The molecule has 2 aromatic heterocycles. The third kappa shape index (κ3) is 3.17. The van der Waals surface area contributed by atoms with Crippen LogP contribution in [-0.2, 0) is 0 Å². The minimum absolute atomic E-state index is 0.105. The summed E-state index contributed by atoms with van der Waals surface area (Å²) in [6.45, 7) is 1.33. The van der Waals surface area contributed by atoms with Gasteiger partial charge < -0.3 is 4.90 Å². The van der Waals surface area contributed by atoms with E-state index in [1.165, 1.54) is 16.8 Å². The molecule has 25 heavy (non-hydrogen) atoms. The zero-order valence-electron chi connectivity index (χ0n) is 13.6. The molecule has 1 aromatic carbocycles. The summed E-state index contributed by atoms with van der Waals surface area (Å²) in [4.78, 5) is 14.6. The van der Waals surface area contributed by atoms with Crippen LogP contribution in [0.3, 0.4) is 0 Å². The van der Waals surface area contributed by atoms with Crippen molar-refractivity contribution in [3.8, 4) is 5.69 Å². The topological polar surface area (TPSA) is 56.0 Å². The van der Waals surface area contributed by atoms with Crippen LogP contribution in [0, 0.1) is 5.82 Å². The standard InChI is InChI=1S/C18H18FN5O/c19-14-4-1-5-15(12-14)24-11-7-17(21-24)18(25)22-9-2-6-16(13-22)23-10-3-8-20-23/h1,3-5,7-8,10-12,16H,2,6,9,13H2/t16-/m0/s1. The monoisotopic (exact) mass is 339 g/mol. The zero-order valence-corrected chi connectivity index (χ0v) is 13.6. The van der Waals surface area contributed by atoms with Crippen molar-refractivity contribution in [1.29, 1.82) is 0 Å². The Morgan fingerprint density at radius 3 is 2.92 bits per heavy atom. The number of carbonyl (C=O) groups excluding carboxylic acids is 1. The molecule has 1 aliphatic rings. The number of halogens is 1. The van der Waals surface area contributed by atoms with Crippen molar-refractivity contribution in [2.24, 2.45) is 0 Å². The maximum atomic E-state index is 13.4. The average molecular weight is 339 g/mol. The highest BCUT2D eigenvalue weighted by molar-refractivity contribution is 5.92. The van der Waals surface area contributed by atoms with Gasteiger partial charge in [0, 0.05) is 31.7 Å². The van der Waals surface area contributed by atoms with E-state index in [0.717, 1.165) is 12.8 Å². The summed E-state index contributed by atoms with van der Waals surface area (Å²) in [5.74, 6) is -0.439. The van der Waals surface area contributed by atoms with Gasteiger partial charge in [0.25, 0.3) is 5.91 Å². The van der Waals surface area contributed by atoms with Gasteiger partial charge in [0.15, 0.2) is 5.69 Å². The molecule has 0 bridgehead atoms. The normalized spacial score (nSPS) is 17.6. The number of carbonyl (C=O) groups is 1. The summed E-state index contributed by atoms with van der Waals surface area (Å²) >= 11 is 0. The molecule has 0 saturated carbocycles. The number of amides is 1. The highest BCUT2D eigenvalue weighted by Gasteiger charge is 2.27. The molecule has 1 amide bonds. The Bertz CT molecular complexity index is 873. The summed E-state index contributed by atoms with van der Waals surface area (Å²) in [7, 11) is 0. The number of aromatic nitrogens is 4. The van der Waals surface area contributed by atoms with Crippen molar-refractivity contribution in [3.05, 3.63) is 66.5 Å². The van der Waals surface area contributed by atoms with Crippen LogP contribution in [-0.4, -0.2) is 43.5 Å². The van der Waals surface area contributed by atoms with Gasteiger partial charge in [-0.1, -0.05) is 6.07 Å². The molecule has 3 aromatic rings. The van der Waals surface area contributed by atoms with E-state index in [2.05, 4.69) is 10.2 Å². The molecule has 6 nitrogen and oxygen atoms in total. The fourth-order valence-corrected chi connectivity index (χ4v) is 3.21. The average Bonchev–Trinajstić information content (AvgIpc) is 3.33. The SMILES string of the molecule is O=C(c1ccn(-c2cccc(F)c2)n1)N1CCC[C@H](n2cccn2)C1. The molecule has 4 rings (SSSR count). The quantitative estimate of drug-likeness (QED) is 0.737. The van der Waals surface area contributed by atoms with Gasteiger partial charge in [-0.25, -0.2) is 9.07 Å². The Labute approximate surface area is 144 Å². The second-order valence-electron chi connectivity index (χ2n) is 6.16. The van der Waals surface area contributed by atoms with Crippen LogP contribution < -0.4 is 0 Å². The molecule has 1 fully saturated rings. The highest BCUT2D eigenvalue weighted by atomic mass is 19.1. The van der Waals surface area contributed by atoms with Gasteiger partial charge in [0.2, 0.25) is 0 Å². The van der Waals surface area contributed by atoms with Crippen molar-refractivity contribution in [2.75, 3.05) is 13.1 Å². The fourth-order valence-electron chi connectivity index (χ4n) is 3.21. The first-order valence-electron chi connectivity index (χ1n) is 8.31. The molecule has 0 N–H and O–H groups in total. The summed E-state index contributed by atoms with van der Waals surface area (Å²) in [5.41, 5.74) is 0.956. The van der Waals surface area contributed by atoms with E-state index >= 15 is 0 Å². The van der Waals surface area contributed by atoms with Crippen molar-refractivity contribution in [3.63, 3.8) is 0 Å². The van der Waals surface area contributed by atoms with Crippen LogP contribution >= 0.6 is 0 Å². The first-order valence-corrected chi connectivity index (χ1v) is 8.31. The van der Waals surface area contributed by atoms with Crippen molar-refractivity contribution in [1.82, 2.24) is 24.5 Å². The van der Waals surface area contributed by atoms with E-state index in [4.69, 9.17) is 0 Å². The lowest BCUT2D eigenvalue weighted by atomic mass is 10.1. The van der Waals surface area contributed by atoms with Gasteiger partial charge in [-0.2, -0.15) is 10.2 Å². The minimum atomic E-state index is -0.334. The van der Waals surface area contributed by atoms with Crippen LogP contribution in [0.25, 0.3) is 5.69 Å². The van der Waals surface area contributed by atoms with Crippen LogP contribution in [0.2, 0.25) is 0 Å². The summed E-state index contributed by atoms with van der Waals surface area (Å²) in [6, 6.07) is 9.88.